The Balaban J connectivity index is 1.22. The minimum absolute atomic E-state index is 0.0455. The first kappa shape index (κ1) is 28.2. The molecule has 0 aromatic carbocycles. The maximum atomic E-state index is 12.9. The lowest BCUT2D eigenvalue weighted by Gasteiger charge is -2.58. The van der Waals surface area contributed by atoms with Crippen LogP contribution in [0.5, 0.6) is 0 Å². The standard InChI is InChI=1S/C29H38O10/c1-18(32)21(35-10-8-20-12-26(34)36-15-20)5-3-4-6-25(33)39-22-13-24-29(17-37-29)27(22,2)28(16-31)9-7-19(14-30)11-23(28)38-24/h3-6,11-12,18,21-24,30-32H,7-10,13-17H2,1-2H3/b5-3+,6-4+/t18-,21+,22+,23-,24+,27+,28-,29+/m0/s1. The first-order valence-electron chi connectivity index (χ1n) is 13.6. The molecule has 2 saturated heterocycles. The Labute approximate surface area is 227 Å². The second kappa shape index (κ2) is 10.9. The number of cyclic esters (lactones) is 1. The van der Waals surface area contributed by atoms with E-state index in [-0.39, 0.29) is 38.0 Å². The Kier molecular flexibility index (Phi) is 7.89. The van der Waals surface area contributed by atoms with Crippen molar-refractivity contribution < 1.29 is 48.6 Å². The normalized spacial score (nSPS) is 38.5. The minimum Gasteiger partial charge on any atom is -0.458 e. The molecule has 39 heavy (non-hydrogen) atoms. The number of ether oxygens (including phenoxy) is 5. The van der Waals surface area contributed by atoms with Crippen molar-refractivity contribution >= 4 is 11.9 Å². The fourth-order valence-electron chi connectivity index (χ4n) is 6.94. The van der Waals surface area contributed by atoms with Crippen molar-refractivity contribution in [3.63, 3.8) is 0 Å². The summed E-state index contributed by atoms with van der Waals surface area (Å²) in [6.45, 7) is 4.53. The lowest BCUT2D eigenvalue weighted by molar-refractivity contribution is -0.228. The summed E-state index contributed by atoms with van der Waals surface area (Å²) in [5, 5.41) is 30.4. The number of hydrogen-bond acceptors (Lipinski definition) is 10. The molecule has 5 aliphatic rings. The van der Waals surface area contributed by atoms with Crippen molar-refractivity contribution in [1.82, 2.24) is 0 Å². The van der Waals surface area contributed by atoms with Crippen LogP contribution in [0.4, 0.5) is 0 Å². The molecule has 3 N–H and O–H groups in total. The average Bonchev–Trinajstić information content (AvgIpc) is 3.59. The number of rotatable bonds is 11. The molecule has 0 radical (unpaired) electrons. The molecule has 8 atom stereocenters. The molecule has 10 heteroatoms. The van der Waals surface area contributed by atoms with Gasteiger partial charge in [-0.05, 0) is 37.3 Å². The van der Waals surface area contributed by atoms with Gasteiger partial charge in [-0.2, -0.15) is 0 Å². The van der Waals surface area contributed by atoms with Crippen LogP contribution in [0.3, 0.4) is 0 Å². The maximum Gasteiger partial charge on any atom is 0.331 e. The van der Waals surface area contributed by atoms with Crippen LogP contribution in [-0.4, -0.2) is 96.4 Å². The van der Waals surface area contributed by atoms with Crippen LogP contribution in [-0.2, 0) is 33.3 Å². The van der Waals surface area contributed by atoms with Crippen molar-refractivity contribution in [2.75, 3.05) is 33.0 Å². The number of hydrogen-bond donors (Lipinski definition) is 3. The monoisotopic (exact) mass is 546 g/mol. The summed E-state index contributed by atoms with van der Waals surface area (Å²) in [5.74, 6) is -0.872. The summed E-state index contributed by atoms with van der Waals surface area (Å²) in [4.78, 5) is 24.0. The van der Waals surface area contributed by atoms with Gasteiger partial charge in [0.25, 0.3) is 0 Å². The van der Waals surface area contributed by atoms with Gasteiger partial charge in [0.15, 0.2) is 0 Å². The van der Waals surface area contributed by atoms with Crippen molar-refractivity contribution in [3.8, 4) is 0 Å². The molecule has 3 fully saturated rings. The van der Waals surface area contributed by atoms with Gasteiger partial charge in [-0.25, -0.2) is 9.59 Å². The highest BCUT2D eigenvalue weighted by molar-refractivity contribution is 5.85. The van der Waals surface area contributed by atoms with E-state index in [1.54, 1.807) is 19.1 Å². The SMILES string of the molecule is C[C@H](O)[C@@H](/C=C/C=C/C(=O)O[C@@H]1C[C@H]2O[C@H]3C=C(CO)CC[C@@]3(CO)[C@]1(C)[C@@]21CO1)OCCC1=CC(=O)OC1. The highest BCUT2D eigenvalue weighted by Gasteiger charge is 2.82. The molecule has 3 aliphatic heterocycles. The number of epoxide rings is 1. The van der Waals surface area contributed by atoms with E-state index in [2.05, 4.69) is 0 Å². The fraction of sp³-hybridized carbons (Fsp3) is 0.655. The summed E-state index contributed by atoms with van der Waals surface area (Å²) in [6.07, 6.45) is 9.21. The number of aliphatic hydroxyl groups excluding tert-OH is 3. The molecule has 2 aliphatic carbocycles. The first-order chi connectivity index (χ1) is 18.7. The van der Waals surface area contributed by atoms with Gasteiger partial charge in [0.05, 0.1) is 44.7 Å². The molecule has 1 saturated carbocycles. The third-order valence-corrected chi connectivity index (χ3v) is 9.41. The van der Waals surface area contributed by atoms with E-state index in [1.165, 1.54) is 18.2 Å². The van der Waals surface area contributed by atoms with E-state index in [0.29, 0.717) is 38.9 Å². The van der Waals surface area contributed by atoms with Gasteiger partial charge in [-0.3, -0.25) is 0 Å². The van der Waals surface area contributed by atoms with Crippen LogP contribution in [0, 0.1) is 10.8 Å². The Morgan fingerprint density at radius 2 is 2.08 bits per heavy atom. The predicted octanol–water partition coefficient (Wildman–Crippen LogP) is 1.29. The number of aliphatic hydroxyl groups is 3. The summed E-state index contributed by atoms with van der Waals surface area (Å²) >= 11 is 0. The third kappa shape index (κ3) is 4.81. The topological polar surface area (TPSA) is 144 Å². The van der Waals surface area contributed by atoms with Gasteiger partial charge in [0.1, 0.15) is 24.4 Å². The van der Waals surface area contributed by atoms with E-state index >= 15 is 0 Å². The molecule has 3 heterocycles. The van der Waals surface area contributed by atoms with E-state index in [4.69, 9.17) is 23.7 Å². The zero-order valence-electron chi connectivity index (χ0n) is 22.4. The van der Waals surface area contributed by atoms with Crippen LogP contribution in [0.1, 0.15) is 39.5 Å². The Hall–Kier alpha value is -2.34. The van der Waals surface area contributed by atoms with Gasteiger partial charge >= 0.3 is 11.9 Å². The van der Waals surface area contributed by atoms with E-state index < -0.39 is 40.7 Å². The van der Waals surface area contributed by atoms with Crippen LogP contribution in [0.15, 0.2) is 47.6 Å². The van der Waals surface area contributed by atoms with Gasteiger partial charge in [-0.1, -0.05) is 31.2 Å². The molecular formula is C29H38O10. The van der Waals surface area contributed by atoms with Crippen LogP contribution < -0.4 is 0 Å². The number of carbonyl (C=O) groups is 2. The van der Waals surface area contributed by atoms with Gasteiger partial charge in [-0.15, -0.1) is 0 Å². The third-order valence-electron chi connectivity index (χ3n) is 9.41. The zero-order valence-corrected chi connectivity index (χ0v) is 22.4. The molecule has 5 rings (SSSR count). The van der Waals surface area contributed by atoms with Crippen molar-refractivity contribution in [1.29, 1.82) is 0 Å². The summed E-state index contributed by atoms with van der Waals surface area (Å²) in [7, 11) is 0. The van der Waals surface area contributed by atoms with Gasteiger partial charge in [0, 0.05) is 29.4 Å². The molecule has 1 spiro atoms. The second-order valence-corrected chi connectivity index (χ2v) is 11.4. The van der Waals surface area contributed by atoms with Crippen LogP contribution >= 0.6 is 0 Å². The van der Waals surface area contributed by atoms with Gasteiger partial charge in [0.2, 0.25) is 0 Å². The Morgan fingerprint density at radius 3 is 2.72 bits per heavy atom. The molecule has 0 unspecified atom stereocenters. The minimum atomic E-state index is -0.775. The van der Waals surface area contributed by atoms with Crippen LogP contribution in [0.25, 0.3) is 0 Å². The summed E-state index contributed by atoms with van der Waals surface area (Å²) in [6, 6.07) is 0. The largest absolute Gasteiger partial charge is 0.458 e. The smallest absolute Gasteiger partial charge is 0.331 e. The highest BCUT2D eigenvalue weighted by atomic mass is 16.6. The number of allylic oxidation sites excluding steroid dienone is 2. The van der Waals surface area contributed by atoms with E-state index in [9.17, 15) is 24.9 Å². The molecule has 10 nitrogen and oxygen atoms in total. The summed E-state index contributed by atoms with van der Waals surface area (Å²) in [5.41, 5.74) is -0.213. The number of esters is 2. The molecule has 0 aromatic rings. The predicted molar refractivity (Wildman–Crippen MR) is 137 cm³/mol. The molecule has 214 valence electrons. The quantitative estimate of drug-likeness (QED) is 0.114. The molecule has 0 amide bonds. The molecule has 2 bridgehead atoms. The Bertz CT molecular complexity index is 1090. The highest BCUT2D eigenvalue weighted by Crippen LogP contribution is 2.71. The number of fused-ring (bicyclic) bond motifs is 2. The number of carbonyl (C=O) groups excluding carboxylic acids is 2. The fourth-order valence-corrected chi connectivity index (χ4v) is 6.94. The lowest BCUT2D eigenvalue weighted by Crippen LogP contribution is -2.66. The summed E-state index contributed by atoms with van der Waals surface area (Å²) < 4.78 is 29.0. The average molecular weight is 547 g/mol. The Morgan fingerprint density at radius 1 is 1.28 bits per heavy atom. The van der Waals surface area contributed by atoms with E-state index in [1.807, 2.05) is 13.0 Å². The lowest BCUT2D eigenvalue weighted by atomic mass is 9.51. The van der Waals surface area contributed by atoms with Crippen molar-refractivity contribution in [2.45, 2.75) is 75.7 Å². The van der Waals surface area contributed by atoms with Crippen LogP contribution in [0.2, 0.25) is 0 Å². The molecule has 0 aromatic heterocycles. The molecular weight excluding hydrogens is 508 g/mol. The second-order valence-electron chi connectivity index (χ2n) is 11.4. The first-order valence-corrected chi connectivity index (χ1v) is 13.6. The van der Waals surface area contributed by atoms with Gasteiger partial charge < -0.3 is 39.0 Å². The van der Waals surface area contributed by atoms with E-state index in [0.717, 1.165) is 11.1 Å². The van der Waals surface area contributed by atoms with Crippen molar-refractivity contribution in [2.24, 2.45) is 10.8 Å². The van der Waals surface area contributed by atoms with Crippen molar-refractivity contribution in [3.05, 3.63) is 47.6 Å². The maximum absolute atomic E-state index is 12.9. The zero-order chi connectivity index (χ0) is 27.8.